The molecule has 8 heteroatoms. The SMILES string of the molecule is CC(=O)NC1(c2noc(CCC(=O)NCC(C)CN3CCCCC3)n2)CCCCCC1. The summed E-state index contributed by atoms with van der Waals surface area (Å²) in [6.07, 6.45) is 10.7. The molecule has 2 aliphatic rings. The Morgan fingerprint density at radius 2 is 1.77 bits per heavy atom. The fourth-order valence-corrected chi connectivity index (χ4v) is 4.87. The van der Waals surface area contributed by atoms with Crippen molar-refractivity contribution in [3.05, 3.63) is 11.7 Å². The summed E-state index contributed by atoms with van der Waals surface area (Å²) in [7, 11) is 0. The molecule has 2 amide bonds. The first kappa shape index (κ1) is 23.7. The number of piperidine rings is 1. The highest BCUT2D eigenvalue weighted by atomic mass is 16.5. The number of nitrogens with zero attached hydrogens (tertiary/aromatic N) is 3. The van der Waals surface area contributed by atoms with Gasteiger partial charge in [0, 0.05) is 32.9 Å². The van der Waals surface area contributed by atoms with E-state index in [0.717, 1.165) is 45.1 Å². The van der Waals surface area contributed by atoms with Gasteiger partial charge in [-0.1, -0.05) is 44.2 Å². The Bertz CT molecular complexity index is 706. The van der Waals surface area contributed by atoms with E-state index in [1.165, 1.54) is 39.3 Å². The van der Waals surface area contributed by atoms with Gasteiger partial charge < -0.3 is 20.1 Å². The fourth-order valence-electron chi connectivity index (χ4n) is 4.87. The van der Waals surface area contributed by atoms with Crippen LogP contribution < -0.4 is 10.6 Å². The molecule has 2 fully saturated rings. The van der Waals surface area contributed by atoms with E-state index in [4.69, 9.17) is 4.52 Å². The van der Waals surface area contributed by atoms with E-state index in [1.54, 1.807) is 0 Å². The standard InChI is InChI=1S/C23H39N5O3/c1-18(17-28-14-8-5-9-15-28)16-24-20(30)10-11-21-25-22(27-31-21)23(26-19(2)29)12-6-3-4-7-13-23/h18H,3-17H2,1-2H3,(H,24,30)(H,26,29). The van der Waals surface area contributed by atoms with Crippen LogP contribution in [-0.2, 0) is 21.5 Å². The Balaban J connectivity index is 1.46. The van der Waals surface area contributed by atoms with Gasteiger partial charge in [-0.25, -0.2) is 0 Å². The molecule has 1 aliphatic carbocycles. The highest BCUT2D eigenvalue weighted by molar-refractivity contribution is 5.76. The molecule has 1 saturated heterocycles. The molecule has 0 aromatic carbocycles. The molecular weight excluding hydrogens is 394 g/mol. The summed E-state index contributed by atoms with van der Waals surface area (Å²) >= 11 is 0. The third kappa shape index (κ3) is 7.30. The van der Waals surface area contributed by atoms with E-state index in [2.05, 4.69) is 32.6 Å². The zero-order chi connectivity index (χ0) is 22.1. The molecular formula is C23H39N5O3. The average Bonchev–Trinajstić information content (AvgIpc) is 3.11. The molecule has 174 valence electrons. The number of nitrogens with one attached hydrogen (secondary N) is 2. The van der Waals surface area contributed by atoms with Crippen LogP contribution in [0.1, 0.15) is 89.8 Å². The molecule has 1 aromatic heterocycles. The molecule has 1 aromatic rings. The van der Waals surface area contributed by atoms with Crippen LogP contribution in [-0.4, -0.2) is 53.0 Å². The quantitative estimate of drug-likeness (QED) is 0.581. The molecule has 2 heterocycles. The topological polar surface area (TPSA) is 100 Å². The van der Waals surface area contributed by atoms with E-state index >= 15 is 0 Å². The lowest BCUT2D eigenvalue weighted by Gasteiger charge is -2.30. The number of aryl methyl sites for hydroxylation is 1. The van der Waals surface area contributed by atoms with Gasteiger partial charge >= 0.3 is 0 Å². The smallest absolute Gasteiger partial charge is 0.227 e. The Morgan fingerprint density at radius 1 is 1.10 bits per heavy atom. The van der Waals surface area contributed by atoms with Crippen molar-refractivity contribution in [2.45, 2.75) is 90.0 Å². The second kappa shape index (κ2) is 11.6. The maximum atomic E-state index is 12.3. The lowest BCUT2D eigenvalue weighted by atomic mass is 9.89. The number of carbonyl (C=O) groups is 2. The monoisotopic (exact) mass is 433 g/mol. The minimum absolute atomic E-state index is 0.0104. The first-order valence-corrected chi connectivity index (χ1v) is 12.1. The molecule has 0 radical (unpaired) electrons. The molecule has 0 bridgehead atoms. The number of rotatable bonds is 9. The normalized spacial score (nSPS) is 20.6. The first-order chi connectivity index (χ1) is 15.0. The van der Waals surface area contributed by atoms with Crippen LogP contribution in [0.5, 0.6) is 0 Å². The summed E-state index contributed by atoms with van der Waals surface area (Å²) in [6, 6.07) is 0. The summed E-state index contributed by atoms with van der Waals surface area (Å²) in [4.78, 5) is 31.2. The third-order valence-electron chi connectivity index (χ3n) is 6.50. The maximum absolute atomic E-state index is 12.3. The molecule has 2 N–H and O–H groups in total. The molecule has 0 spiro atoms. The van der Waals surface area contributed by atoms with Crippen molar-refractivity contribution < 1.29 is 14.1 Å². The summed E-state index contributed by atoms with van der Waals surface area (Å²) < 4.78 is 5.44. The number of hydrogen-bond acceptors (Lipinski definition) is 6. The number of hydrogen-bond donors (Lipinski definition) is 2. The van der Waals surface area contributed by atoms with Gasteiger partial charge in [-0.15, -0.1) is 0 Å². The van der Waals surface area contributed by atoms with Crippen molar-refractivity contribution in [1.82, 2.24) is 25.7 Å². The van der Waals surface area contributed by atoms with Gasteiger partial charge in [0.2, 0.25) is 17.7 Å². The molecule has 1 unspecified atom stereocenters. The van der Waals surface area contributed by atoms with Gasteiger partial charge in [-0.05, 0) is 44.7 Å². The molecule has 3 rings (SSSR count). The second-order valence-corrected chi connectivity index (χ2v) is 9.46. The molecule has 1 aliphatic heterocycles. The van der Waals surface area contributed by atoms with Gasteiger partial charge in [0.1, 0.15) is 5.54 Å². The highest BCUT2D eigenvalue weighted by Gasteiger charge is 2.38. The van der Waals surface area contributed by atoms with Gasteiger partial charge in [0.25, 0.3) is 0 Å². The van der Waals surface area contributed by atoms with E-state index in [0.29, 0.717) is 37.0 Å². The van der Waals surface area contributed by atoms with E-state index in [1.807, 2.05) is 0 Å². The Morgan fingerprint density at radius 3 is 2.45 bits per heavy atom. The fraction of sp³-hybridized carbons (Fsp3) is 0.826. The summed E-state index contributed by atoms with van der Waals surface area (Å²) in [6.45, 7) is 7.81. The Labute approximate surface area is 185 Å². The van der Waals surface area contributed by atoms with Crippen LogP contribution in [0, 0.1) is 5.92 Å². The lowest BCUT2D eigenvalue weighted by molar-refractivity contribution is -0.122. The van der Waals surface area contributed by atoms with E-state index < -0.39 is 5.54 Å². The Hall–Kier alpha value is -1.96. The zero-order valence-electron chi connectivity index (χ0n) is 19.3. The van der Waals surface area contributed by atoms with Crippen LogP contribution in [0.15, 0.2) is 4.52 Å². The van der Waals surface area contributed by atoms with Gasteiger partial charge in [0.15, 0.2) is 5.82 Å². The number of aromatic nitrogens is 2. The minimum atomic E-state index is -0.545. The van der Waals surface area contributed by atoms with Crippen LogP contribution in [0.4, 0.5) is 0 Å². The van der Waals surface area contributed by atoms with Gasteiger partial charge in [-0.3, -0.25) is 9.59 Å². The predicted octanol–water partition coefficient (Wildman–Crippen LogP) is 2.93. The van der Waals surface area contributed by atoms with Crippen molar-refractivity contribution in [2.75, 3.05) is 26.2 Å². The molecule has 1 saturated carbocycles. The second-order valence-electron chi connectivity index (χ2n) is 9.46. The van der Waals surface area contributed by atoms with Crippen LogP contribution in [0.25, 0.3) is 0 Å². The number of carbonyl (C=O) groups excluding carboxylic acids is 2. The summed E-state index contributed by atoms with van der Waals surface area (Å²) in [5.74, 6) is 1.38. The minimum Gasteiger partial charge on any atom is -0.356 e. The van der Waals surface area contributed by atoms with Crippen molar-refractivity contribution in [3.8, 4) is 0 Å². The first-order valence-electron chi connectivity index (χ1n) is 12.1. The highest BCUT2D eigenvalue weighted by Crippen LogP contribution is 2.34. The van der Waals surface area contributed by atoms with Crippen LogP contribution >= 0.6 is 0 Å². The van der Waals surface area contributed by atoms with Crippen molar-refractivity contribution >= 4 is 11.8 Å². The molecule has 8 nitrogen and oxygen atoms in total. The van der Waals surface area contributed by atoms with Crippen molar-refractivity contribution in [2.24, 2.45) is 5.92 Å². The Kier molecular flexibility index (Phi) is 8.87. The zero-order valence-corrected chi connectivity index (χ0v) is 19.3. The third-order valence-corrected chi connectivity index (χ3v) is 6.50. The summed E-state index contributed by atoms with van der Waals surface area (Å²) in [5.41, 5.74) is -0.545. The predicted molar refractivity (Wildman–Crippen MR) is 118 cm³/mol. The van der Waals surface area contributed by atoms with Gasteiger partial charge in [0.05, 0.1) is 0 Å². The number of amides is 2. The number of likely N-dealkylation sites (tertiary alicyclic amines) is 1. The van der Waals surface area contributed by atoms with E-state index in [-0.39, 0.29) is 11.8 Å². The lowest BCUT2D eigenvalue weighted by Crippen LogP contribution is -2.45. The molecule has 1 atom stereocenters. The van der Waals surface area contributed by atoms with Gasteiger partial charge in [-0.2, -0.15) is 4.98 Å². The van der Waals surface area contributed by atoms with E-state index in [9.17, 15) is 9.59 Å². The molecule has 31 heavy (non-hydrogen) atoms. The largest absolute Gasteiger partial charge is 0.356 e. The summed E-state index contributed by atoms with van der Waals surface area (Å²) in [5, 5.41) is 10.3. The maximum Gasteiger partial charge on any atom is 0.227 e. The van der Waals surface area contributed by atoms with Crippen molar-refractivity contribution in [1.29, 1.82) is 0 Å². The average molecular weight is 434 g/mol. The van der Waals surface area contributed by atoms with Crippen LogP contribution in [0.2, 0.25) is 0 Å². The van der Waals surface area contributed by atoms with Crippen LogP contribution in [0.3, 0.4) is 0 Å². The van der Waals surface area contributed by atoms with Crippen molar-refractivity contribution in [3.63, 3.8) is 0 Å².